The molecule has 0 aromatic heterocycles. The number of esters is 1. The number of ether oxygens (including phenoxy) is 1. The van der Waals surface area contributed by atoms with Gasteiger partial charge in [0.2, 0.25) is 5.91 Å². The summed E-state index contributed by atoms with van der Waals surface area (Å²) in [5.74, 6) is 0.325. The Morgan fingerprint density at radius 3 is 2.73 bits per heavy atom. The van der Waals surface area contributed by atoms with Gasteiger partial charge in [-0.25, -0.2) is 4.79 Å². The minimum absolute atomic E-state index is 0.0933. The van der Waals surface area contributed by atoms with Gasteiger partial charge in [-0.1, -0.05) is 26.7 Å². The quantitative estimate of drug-likeness (QED) is 0.351. The van der Waals surface area contributed by atoms with Crippen molar-refractivity contribution in [3.05, 3.63) is 33.9 Å². The lowest BCUT2D eigenvalue weighted by Crippen LogP contribution is -2.44. The molecular weight excluding hydrogens is 356 g/mol. The van der Waals surface area contributed by atoms with Crippen molar-refractivity contribution in [3.8, 4) is 0 Å². The Morgan fingerprint density at radius 2 is 2.08 bits per heavy atom. The highest BCUT2D eigenvalue weighted by atomic mass is 32.2. The Kier molecular flexibility index (Phi) is 7.02. The number of hydrogen-bond donors (Lipinski definition) is 1. The third-order valence-electron chi connectivity index (χ3n) is 4.99. The third kappa shape index (κ3) is 4.97. The molecule has 1 N–H and O–H groups in total. The van der Waals surface area contributed by atoms with E-state index in [1.807, 2.05) is 0 Å². The third-order valence-corrected chi connectivity index (χ3v) is 6.05. The van der Waals surface area contributed by atoms with Gasteiger partial charge in [0, 0.05) is 12.1 Å². The number of nitro groups is 1. The molecule has 0 heterocycles. The van der Waals surface area contributed by atoms with E-state index in [4.69, 9.17) is 0 Å². The van der Waals surface area contributed by atoms with Crippen LogP contribution in [0.3, 0.4) is 0 Å². The molecule has 142 valence electrons. The summed E-state index contributed by atoms with van der Waals surface area (Å²) < 4.78 is 4.58. The van der Waals surface area contributed by atoms with E-state index in [9.17, 15) is 19.7 Å². The van der Waals surface area contributed by atoms with Gasteiger partial charge in [0.15, 0.2) is 0 Å². The number of benzene rings is 1. The fourth-order valence-electron chi connectivity index (χ4n) is 3.20. The summed E-state index contributed by atoms with van der Waals surface area (Å²) in [5.41, 5.74) is -0.0941. The summed E-state index contributed by atoms with van der Waals surface area (Å²) in [6, 6.07) is 4.28. The number of nitrogens with zero attached hydrogens (tertiary/aromatic N) is 1. The predicted molar refractivity (Wildman–Crippen MR) is 99.3 cm³/mol. The molecule has 0 radical (unpaired) electrons. The van der Waals surface area contributed by atoms with E-state index < -0.39 is 10.9 Å². The van der Waals surface area contributed by atoms with Crippen LogP contribution in [-0.2, 0) is 9.53 Å². The van der Waals surface area contributed by atoms with E-state index in [1.54, 1.807) is 0 Å². The molecule has 0 saturated heterocycles. The molecule has 0 unspecified atom stereocenters. The number of thioether (sulfide) groups is 1. The first-order valence-electron chi connectivity index (χ1n) is 8.62. The molecule has 1 aliphatic carbocycles. The molecule has 8 heteroatoms. The van der Waals surface area contributed by atoms with Gasteiger partial charge in [-0.15, -0.1) is 11.8 Å². The van der Waals surface area contributed by atoms with Crippen molar-refractivity contribution in [3.63, 3.8) is 0 Å². The zero-order valence-electron chi connectivity index (χ0n) is 15.2. The van der Waals surface area contributed by atoms with Gasteiger partial charge >= 0.3 is 5.97 Å². The molecule has 0 spiro atoms. The van der Waals surface area contributed by atoms with Crippen LogP contribution in [0.4, 0.5) is 5.69 Å². The summed E-state index contributed by atoms with van der Waals surface area (Å²) in [7, 11) is 1.22. The second kappa shape index (κ2) is 9.02. The Hall–Kier alpha value is -2.09. The van der Waals surface area contributed by atoms with Crippen LogP contribution < -0.4 is 5.32 Å². The first kappa shape index (κ1) is 20.2. The maximum Gasteiger partial charge on any atom is 0.338 e. The van der Waals surface area contributed by atoms with Crippen LogP contribution in [0.15, 0.2) is 23.1 Å². The van der Waals surface area contributed by atoms with Crippen LogP contribution in [0, 0.1) is 22.0 Å². The summed E-state index contributed by atoms with van der Waals surface area (Å²) in [6.07, 6.45) is 3.25. The first-order valence-corrected chi connectivity index (χ1v) is 9.61. The smallest absolute Gasteiger partial charge is 0.338 e. The van der Waals surface area contributed by atoms with Crippen LogP contribution in [-0.4, -0.2) is 35.7 Å². The SMILES string of the molecule is COC(=O)c1ccc(SCC(=O)N[C@@H]2CCC[C@@H](C)[C@@H]2C)c([N+](=O)[O-])c1. The van der Waals surface area contributed by atoms with Crippen molar-refractivity contribution in [2.24, 2.45) is 11.8 Å². The number of nitrogens with one attached hydrogen (secondary N) is 1. The summed E-state index contributed by atoms with van der Waals surface area (Å²) in [4.78, 5) is 34.8. The Bertz CT molecular complexity index is 694. The Morgan fingerprint density at radius 1 is 1.35 bits per heavy atom. The molecule has 1 amide bonds. The lowest BCUT2D eigenvalue weighted by molar-refractivity contribution is -0.387. The van der Waals surface area contributed by atoms with Gasteiger partial charge in [-0.05, 0) is 30.4 Å². The highest BCUT2D eigenvalue weighted by Gasteiger charge is 2.28. The van der Waals surface area contributed by atoms with Gasteiger partial charge in [0.1, 0.15) is 0 Å². The van der Waals surface area contributed by atoms with E-state index in [-0.39, 0.29) is 29.0 Å². The van der Waals surface area contributed by atoms with Gasteiger partial charge in [-0.3, -0.25) is 14.9 Å². The molecule has 7 nitrogen and oxygen atoms in total. The molecule has 1 aromatic rings. The van der Waals surface area contributed by atoms with Crippen LogP contribution in [0.2, 0.25) is 0 Å². The number of methoxy groups -OCH3 is 1. The van der Waals surface area contributed by atoms with Crippen LogP contribution in [0.25, 0.3) is 0 Å². The largest absolute Gasteiger partial charge is 0.465 e. The second-order valence-electron chi connectivity index (χ2n) is 6.66. The number of hydrogen-bond acceptors (Lipinski definition) is 6. The van der Waals surface area contributed by atoms with E-state index in [1.165, 1.54) is 31.7 Å². The fourth-order valence-corrected chi connectivity index (χ4v) is 4.02. The highest BCUT2D eigenvalue weighted by Crippen LogP contribution is 2.31. The molecule has 0 bridgehead atoms. The number of nitro benzene ring substituents is 1. The standard InChI is InChI=1S/C18H24N2O5S/c1-11-5-4-6-14(12(11)2)19-17(21)10-26-16-8-7-13(18(22)25-3)9-15(16)20(23)24/h7-9,11-12,14H,4-6,10H2,1-3H3,(H,19,21)/t11-,12+,14-/m1/s1. The molecule has 26 heavy (non-hydrogen) atoms. The van der Waals surface area contributed by atoms with Gasteiger partial charge in [-0.2, -0.15) is 0 Å². The van der Waals surface area contributed by atoms with E-state index in [2.05, 4.69) is 23.9 Å². The summed E-state index contributed by atoms with van der Waals surface area (Å²) in [5, 5.41) is 14.3. The van der Waals surface area contributed by atoms with Crippen LogP contribution in [0.1, 0.15) is 43.5 Å². The zero-order valence-corrected chi connectivity index (χ0v) is 16.0. The maximum atomic E-state index is 12.3. The minimum Gasteiger partial charge on any atom is -0.465 e. The molecule has 1 aliphatic rings. The normalized spacial score (nSPS) is 22.5. The average Bonchev–Trinajstić information content (AvgIpc) is 2.63. The van der Waals surface area contributed by atoms with Gasteiger partial charge < -0.3 is 10.1 Å². The number of carbonyl (C=O) groups is 2. The molecule has 0 aliphatic heterocycles. The number of rotatable bonds is 6. The number of amides is 1. The van der Waals surface area contributed by atoms with Gasteiger partial charge in [0.05, 0.1) is 28.2 Å². The number of carbonyl (C=O) groups excluding carboxylic acids is 2. The van der Waals surface area contributed by atoms with E-state index in [0.717, 1.165) is 24.6 Å². The summed E-state index contributed by atoms with van der Waals surface area (Å²) in [6.45, 7) is 4.35. The molecule has 1 aromatic carbocycles. The lowest BCUT2D eigenvalue weighted by atomic mass is 9.78. The second-order valence-corrected chi connectivity index (χ2v) is 7.68. The van der Waals surface area contributed by atoms with Gasteiger partial charge in [0.25, 0.3) is 5.69 Å². The maximum absolute atomic E-state index is 12.3. The Labute approximate surface area is 157 Å². The van der Waals surface area contributed by atoms with E-state index >= 15 is 0 Å². The van der Waals surface area contributed by atoms with E-state index in [0.29, 0.717) is 16.7 Å². The molecule has 1 fully saturated rings. The highest BCUT2D eigenvalue weighted by molar-refractivity contribution is 8.00. The van der Waals surface area contributed by atoms with Crippen molar-refractivity contribution in [2.75, 3.05) is 12.9 Å². The summed E-state index contributed by atoms with van der Waals surface area (Å²) >= 11 is 1.10. The van der Waals surface area contributed by atoms with Crippen molar-refractivity contribution in [1.82, 2.24) is 5.32 Å². The zero-order chi connectivity index (χ0) is 19.3. The Balaban J connectivity index is 2.00. The molecular formula is C18H24N2O5S. The fraction of sp³-hybridized carbons (Fsp3) is 0.556. The monoisotopic (exact) mass is 380 g/mol. The lowest BCUT2D eigenvalue weighted by Gasteiger charge is -2.34. The molecule has 2 rings (SSSR count). The van der Waals surface area contributed by atoms with Crippen molar-refractivity contribution >= 4 is 29.3 Å². The van der Waals surface area contributed by atoms with Crippen LogP contribution >= 0.6 is 11.8 Å². The van der Waals surface area contributed by atoms with Crippen LogP contribution in [0.5, 0.6) is 0 Å². The van der Waals surface area contributed by atoms with Crippen molar-refractivity contribution < 1.29 is 19.2 Å². The van der Waals surface area contributed by atoms with Crippen molar-refractivity contribution in [1.29, 1.82) is 0 Å². The minimum atomic E-state index is -0.636. The molecule has 1 saturated carbocycles. The topological polar surface area (TPSA) is 98.5 Å². The average molecular weight is 380 g/mol. The predicted octanol–water partition coefficient (Wildman–Crippen LogP) is 3.41. The molecule has 3 atom stereocenters. The van der Waals surface area contributed by atoms with Crippen molar-refractivity contribution in [2.45, 2.75) is 44.0 Å². The first-order chi connectivity index (χ1) is 12.3.